The Balaban J connectivity index is 1.73. The third-order valence-corrected chi connectivity index (χ3v) is 5.35. The minimum absolute atomic E-state index is 0.184. The van der Waals surface area contributed by atoms with Gasteiger partial charge in [-0.1, -0.05) is 0 Å². The Labute approximate surface area is 130 Å². The molecule has 1 saturated heterocycles. The minimum atomic E-state index is -3.23. The SMILES string of the molecule is Cc1nn(C)cc1CN1CC[C@H](c2[nH]ncc2S(C)(=O)=O)C1. The van der Waals surface area contributed by atoms with Gasteiger partial charge in [0.05, 0.1) is 17.6 Å². The van der Waals surface area contributed by atoms with Crippen LogP contribution in [0.25, 0.3) is 0 Å². The molecule has 120 valence electrons. The van der Waals surface area contributed by atoms with Crippen molar-refractivity contribution in [2.24, 2.45) is 7.05 Å². The van der Waals surface area contributed by atoms with E-state index in [1.54, 1.807) is 0 Å². The third-order valence-electron chi connectivity index (χ3n) is 4.22. The molecule has 2 aromatic heterocycles. The van der Waals surface area contributed by atoms with Crippen molar-refractivity contribution in [2.75, 3.05) is 19.3 Å². The van der Waals surface area contributed by atoms with Gasteiger partial charge < -0.3 is 0 Å². The molecule has 3 rings (SSSR count). The molecule has 1 fully saturated rings. The van der Waals surface area contributed by atoms with Crippen LogP contribution >= 0.6 is 0 Å². The first-order valence-corrected chi connectivity index (χ1v) is 9.18. The number of aromatic nitrogens is 4. The van der Waals surface area contributed by atoms with Crippen LogP contribution in [-0.4, -0.2) is 52.6 Å². The molecule has 3 heterocycles. The number of H-pyrrole nitrogens is 1. The minimum Gasteiger partial charge on any atom is -0.298 e. The van der Waals surface area contributed by atoms with Crippen molar-refractivity contribution in [1.29, 1.82) is 0 Å². The summed E-state index contributed by atoms with van der Waals surface area (Å²) in [4.78, 5) is 2.67. The number of nitrogens with one attached hydrogen (secondary N) is 1. The average molecular weight is 323 g/mol. The first-order chi connectivity index (χ1) is 10.3. The molecule has 2 aromatic rings. The van der Waals surface area contributed by atoms with Gasteiger partial charge in [-0.25, -0.2) is 8.42 Å². The van der Waals surface area contributed by atoms with Gasteiger partial charge in [-0.2, -0.15) is 10.2 Å². The number of likely N-dealkylation sites (tertiary alicyclic amines) is 1. The van der Waals surface area contributed by atoms with E-state index in [0.717, 1.165) is 37.4 Å². The van der Waals surface area contributed by atoms with Crippen LogP contribution in [0.15, 0.2) is 17.3 Å². The van der Waals surface area contributed by atoms with Crippen LogP contribution in [-0.2, 0) is 23.4 Å². The maximum absolute atomic E-state index is 11.8. The zero-order valence-corrected chi connectivity index (χ0v) is 13.9. The highest BCUT2D eigenvalue weighted by Crippen LogP contribution is 2.31. The fourth-order valence-electron chi connectivity index (χ4n) is 3.13. The van der Waals surface area contributed by atoms with E-state index in [9.17, 15) is 8.42 Å². The highest BCUT2D eigenvalue weighted by atomic mass is 32.2. The summed E-state index contributed by atoms with van der Waals surface area (Å²) in [5, 5.41) is 11.2. The molecule has 1 aliphatic heterocycles. The van der Waals surface area contributed by atoms with Gasteiger partial charge in [0.1, 0.15) is 4.90 Å². The Morgan fingerprint density at radius 2 is 2.23 bits per heavy atom. The third kappa shape index (κ3) is 2.93. The fourth-order valence-corrected chi connectivity index (χ4v) is 3.99. The first-order valence-electron chi connectivity index (χ1n) is 7.29. The molecule has 0 saturated carbocycles. The van der Waals surface area contributed by atoms with Crippen LogP contribution in [0.5, 0.6) is 0 Å². The topological polar surface area (TPSA) is 83.9 Å². The lowest BCUT2D eigenvalue weighted by molar-refractivity contribution is 0.325. The molecule has 0 unspecified atom stereocenters. The standard InChI is InChI=1S/C14H21N5O2S/c1-10-12(7-18(2)17-10)9-19-5-4-11(8-19)14-13(6-15-16-14)22(3,20)21/h6-7,11H,4-5,8-9H2,1-3H3,(H,15,16)/t11-/m0/s1. The highest BCUT2D eigenvalue weighted by Gasteiger charge is 2.29. The van der Waals surface area contributed by atoms with Gasteiger partial charge in [-0.3, -0.25) is 14.7 Å². The van der Waals surface area contributed by atoms with Crippen molar-refractivity contribution in [3.05, 3.63) is 29.3 Å². The van der Waals surface area contributed by atoms with Crippen molar-refractivity contribution in [3.8, 4) is 0 Å². The Kier molecular flexibility index (Phi) is 3.82. The zero-order chi connectivity index (χ0) is 15.9. The van der Waals surface area contributed by atoms with Crippen LogP contribution in [0, 0.1) is 6.92 Å². The monoisotopic (exact) mass is 323 g/mol. The van der Waals surface area contributed by atoms with Crippen LogP contribution in [0.4, 0.5) is 0 Å². The normalized spacial score (nSPS) is 19.9. The van der Waals surface area contributed by atoms with Crippen molar-refractivity contribution >= 4 is 9.84 Å². The molecular formula is C14H21N5O2S. The van der Waals surface area contributed by atoms with Gasteiger partial charge in [0.25, 0.3) is 0 Å². The summed E-state index contributed by atoms with van der Waals surface area (Å²) in [7, 11) is -1.31. The Morgan fingerprint density at radius 1 is 1.45 bits per heavy atom. The van der Waals surface area contributed by atoms with Crippen LogP contribution in [0.1, 0.15) is 29.3 Å². The van der Waals surface area contributed by atoms with E-state index in [1.165, 1.54) is 18.0 Å². The van der Waals surface area contributed by atoms with Crippen LogP contribution in [0.2, 0.25) is 0 Å². The summed E-state index contributed by atoms with van der Waals surface area (Å²) in [6.45, 7) is 4.64. The summed E-state index contributed by atoms with van der Waals surface area (Å²) in [6, 6.07) is 0. The molecule has 1 aliphatic rings. The van der Waals surface area contributed by atoms with Gasteiger partial charge in [-0.15, -0.1) is 0 Å². The molecule has 1 atom stereocenters. The maximum atomic E-state index is 11.8. The molecule has 0 radical (unpaired) electrons. The zero-order valence-electron chi connectivity index (χ0n) is 13.1. The summed E-state index contributed by atoms with van der Waals surface area (Å²) in [5.41, 5.74) is 3.01. The van der Waals surface area contributed by atoms with Crippen LogP contribution < -0.4 is 0 Å². The van der Waals surface area contributed by atoms with E-state index in [-0.39, 0.29) is 5.92 Å². The summed E-state index contributed by atoms with van der Waals surface area (Å²) in [5.74, 6) is 0.184. The van der Waals surface area contributed by atoms with Gasteiger partial charge in [-0.05, 0) is 19.9 Å². The predicted octanol–water partition coefficient (Wildman–Crippen LogP) is 0.845. The smallest absolute Gasteiger partial charge is 0.178 e. The molecule has 1 N–H and O–H groups in total. The molecule has 7 nitrogen and oxygen atoms in total. The van der Waals surface area contributed by atoms with E-state index >= 15 is 0 Å². The number of sulfone groups is 1. The molecule has 0 spiro atoms. The second kappa shape index (κ2) is 5.51. The largest absolute Gasteiger partial charge is 0.298 e. The highest BCUT2D eigenvalue weighted by molar-refractivity contribution is 7.90. The van der Waals surface area contributed by atoms with Gasteiger partial charge >= 0.3 is 0 Å². The number of rotatable bonds is 4. The Hall–Kier alpha value is -1.67. The molecular weight excluding hydrogens is 302 g/mol. The number of aromatic amines is 1. The Morgan fingerprint density at radius 3 is 2.86 bits per heavy atom. The second-order valence-corrected chi connectivity index (χ2v) is 8.04. The maximum Gasteiger partial charge on any atom is 0.178 e. The van der Waals surface area contributed by atoms with Crippen molar-refractivity contribution < 1.29 is 8.42 Å². The van der Waals surface area contributed by atoms with E-state index < -0.39 is 9.84 Å². The summed E-state index contributed by atoms with van der Waals surface area (Å²) >= 11 is 0. The molecule has 8 heteroatoms. The van der Waals surface area contributed by atoms with E-state index in [2.05, 4.69) is 20.2 Å². The van der Waals surface area contributed by atoms with Gasteiger partial charge in [0.15, 0.2) is 9.84 Å². The van der Waals surface area contributed by atoms with Gasteiger partial charge in [0, 0.05) is 44.1 Å². The molecule has 22 heavy (non-hydrogen) atoms. The number of hydrogen-bond acceptors (Lipinski definition) is 5. The van der Waals surface area contributed by atoms with E-state index in [1.807, 2.05) is 24.9 Å². The molecule has 0 aromatic carbocycles. The van der Waals surface area contributed by atoms with Crippen molar-refractivity contribution in [3.63, 3.8) is 0 Å². The van der Waals surface area contributed by atoms with Crippen molar-refractivity contribution in [1.82, 2.24) is 24.9 Å². The number of nitrogens with zero attached hydrogens (tertiary/aromatic N) is 4. The number of aryl methyl sites for hydroxylation is 2. The van der Waals surface area contributed by atoms with Crippen molar-refractivity contribution in [2.45, 2.75) is 30.7 Å². The van der Waals surface area contributed by atoms with Crippen LogP contribution in [0.3, 0.4) is 0 Å². The molecule has 0 amide bonds. The first kappa shape index (κ1) is 15.2. The van der Waals surface area contributed by atoms with Gasteiger partial charge in [0.2, 0.25) is 0 Å². The average Bonchev–Trinajstić information content (AvgIpc) is 3.09. The lowest BCUT2D eigenvalue weighted by Crippen LogP contribution is -2.20. The molecule has 0 aliphatic carbocycles. The lowest BCUT2D eigenvalue weighted by atomic mass is 10.1. The second-order valence-electron chi connectivity index (χ2n) is 6.05. The molecule has 0 bridgehead atoms. The van der Waals surface area contributed by atoms with E-state index in [4.69, 9.17) is 0 Å². The Bertz CT molecular complexity index is 777. The lowest BCUT2D eigenvalue weighted by Gasteiger charge is -2.15. The van der Waals surface area contributed by atoms with E-state index in [0.29, 0.717) is 4.90 Å². The fraction of sp³-hybridized carbons (Fsp3) is 0.571. The summed E-state index contributed by atoms with van der Waals surface area (Å²) in [6.07, 6.45) is 5.62. The quantitative estimate of drug-likeness (QED) is 0.901. The summed E-state index contributed by atoms with van der Waals surface area (Å²) < 4.78 is 25.4. The predicted molar refractivity (Wildman–Crippen MR) is 82.3 cm³/mol. The number of hydrogen-bond donors (Lipinski definition) is 1.